The Labute approximate surface area is 92.6 Å². The first-order valence-electron chi connectivity index (χ1n) is 4.97. The molecule has 2 rings (SSSR count). The second kappa shape index (κ2) is 4.86. The lowest BCUT2D eigenvalue weighted by Gasteiger charge is -2.26. The van der Waals surface area contributed by atoms with Crippen molar-refractivity contribution in [1.82, 2.24) is 20.4 Å². The normalized spacial score (nSPS) is 17.0. The van der Waals surface area contributed by atoms with Crippen LogP contribution in [0.25, 0.3) is 0 Å². The molecule has 2 heterocycles. The predicted molar refractivity (Wildman–Crippen MR) is 56.3 cm³/mol. The van der Waals surface area contributed by atoms with Gasteiger partial charge < -0.3 is 10.5 Å². The largest absolute Gasteiger partial charge is 0.382 e. The van der Waals surface area contributed by atoms with Crippen molar-refractivity contribution in [1.29, 1.82) is 0 Å². The zero-order valence-electron chi connectivity index (χ0n) is 8.72. The lowest BCUT2D eigenvalue weighted by Crippen LogP contribution is -2.48. The van der Waals surface area contributed by atoms with E-state index in [2.05, 4.69) is 15.4 Å². The molecule has 1 saturated heterocycles. The molecule has 1 aliphatic rings. The molecule has 0 radical (unpaired) electrons. The molecule has 0 aromatic carbocycles. The monoisotopic (exact) mass is 223 g/mol. The molecule has 0 saturated carbocycles. The lowest BCUT2D eigenvalue weighted by molar-refractivity contribution is 0.0124. The molecule has 0 aliphatic carbocycles. The molecule has 0 unspecified atom stereocenters. The summed E-state index contributed by atoms with van der Waals surface area (Å²) in [5.74, 6) is -0.0728. The number of hydrogen-bond acceptors (Lipinski definition) is 6. The number of hydrazine groups is 1. The Kier molecular flexibility index (Phi) is 3.28. The topological polar surface area (TPSA) is 93.4 Å². The van der Waals surface area contributed by atoms with E-state index < -0.39 is 0 Å². The van der Waals surface area contributed by atoms with Crippen LogP contribution in [0.15, 0.2) is 12.4 Å². The van der Waals surface area contributed by atoms with Gasteiger partial charge in [-0.3, -0.25) is 15.2 Å². The number of rotatable bonds is 2. The van der Waals surface area contributed by atoms with E-state index in [9.17, 15) is 4.79 Å². The number of hydrogen-bond donors (Lipinski definition) is 2. The Morgan fingerprint density at radius 3 is 2.88 bits per heavy atom. The van der Waals surface area contributed by atoms with E-state index in [4.69, 9.17) is 10.5 Å². The van der Waals surface area contributed by atoms with Gasteiger partial charge in [0.25, 0.3) is 5.91 Å². The zero-order chi connectivity index (χ0) is 11.4. The van der Waals surface area contributed by atoms with Gasteiger partial charge >= 0.3 is 0 Å². The third-order valence-corrected chi connectivity index (χ3v) is 2.16. The van der Waals surface area contributed by atoms with E-state index in [0.29, 0.717) is 26.3 Å². The maximum Gasteiger partial charge on any atom is 0.285 e. The van der Waals surface area contributed by atoms with Gasteiger partial charge in [0.2, 0.25) is 0 Å². The van der Waals surface area contributed by atoms with Crippen molar-refractivity contribution in [3.8, 4) is 0 Å². The number of aromatic nitrogens is 2. The lowest BCUT2D eigenvalue weighted by atomic mass is 10.4. The number of ether oxygens (including phenoxy) is 1. The highest BCUT2D eigenvalue weighted by atomic mass is 16.5. The minimum Gasteiger partial charge on any atom is -0.382 e. The van der Waals surface area contributed by atoms with Crippen molar-refractivity contribution < 1.29 is 9.53 Å². The van der Waals surface area contributed by atoms with Crippen LogP contribution in [0.3, 0.4) is 0 Å². The molecule has 7 heteroatoms. The van der Waals surface area contributed by atoms with Crippen molar-refractivity contribution in [2.75, 3.05) is 32.0 Å². The summed E-state index contributed by atoms with van der Waals surface area (Å²) in [7, 11) is 0. The van der Waals surface area contributed by atoms with Crippen molar-refractivity contribution in [2.24, 2.45) is 0 Å². The minimum absolute atomic E-state index is 0.214. The van der Waals surface area contributed by atoms with Gasteiger partial charge in [-0.25, -0.2) is 9.99 Å². The highest BCUT2D eigenvalue weighted by Crippen LogP contribution is 1.99. The molecular formula is C9H13N5O2. The number of morpholine rings is 1. The minimum atomic E-state index is -0.304. The van der Waals surface area contributed by atoms with Crippen LogP contribution in [0.1, 0.15) is 10.5 Å². The molecule has 0 bridgehead atoms. The van der Waals surface area contributed by atoms with Crippen molar-refractivity contribution in [3.05, 3.63) is 18.1 Å². The summed E-state index contributed by atoms with van der Waals surface area (Å²) in [6, 6.07) is 0. The Balaban J connectivity index is 1.97. The van der Waals surface area contributed by atoms with E-state index in [0.717, 1.165) is 0 Å². The van der Waals surface area contributed by atoms with E-state index in [1.807, 2.05) is 0 Å². The van der Waals surface area contributed by atoms with Crippen LogP contribution in [0, 0.1) is 0 Å². The number of nitrogens with zero attached hydrogens (tertiary/aromatic N) is 3. The van der Waals surface area contributed by atoms with E-state index in [1.165, 1.54) is 12.4 Å². The molecule has 1 amide bonds. The van der Waals surface area contributed by atoms with Crippen LogP contribution in [-0.2, 0) is 4.74 Å². The molecule has 86 valence electrons. The molecule has 1 aromatic rings. The van der Waals surface area contributed by atoms with E-state index in [1.54, 1.807) is 5.01 Å². The molecule has 1 aliphatic heterocycles. The Morgan fingerprint density at radius 1 is 1.44 bits per heavy atom. The van der Waals surface area contributed by atoms with Gasteiger partial charge in [0.1, 0.15) is 11.5 Å². The van der Waals surface area contributed by atoms with Crippen molar-refractivity contribution in [3.63, 3.8) is 0 Å². The summed E-state index contributed by atoms with van der Waals surface area (Å²) in [5.41, 5.74) is 8.38. The predicted octanol–water partition coefficient (Wildman–Crippen LogP) is -0.964. The summed E-state index contributed by atoms with van der Waals surface area (Å²) in [4.78, 5) is 19.4. The SMILES string of the molecule is Nc1cncc(C(=O)NN2CCOCC2)n1. The molecule has 1 fully saturated rings. The van der Waals surface area contributed by atoms with Crippen molar-refractivity contribution >= 4 is 11.7 Å². The van der Waals surface area contributed by atoms with Gasteiger partial charge in [0.15, 0.2) is 0 Å². The molecule has 3 N–H and O–H groups in total. The zero-order valence-corrected chi connectivity index (χ0v) is 8.72. The fourth-order valence-electron chi connectivity index (χ4n) is 1.37. The number of nitrogens with one attached hydrogen (secondary N) is 1. The highest BCUT2D eigenvalue weighted by molar-refractivity contribution is 5.91. The van der Waals surface area contributed by atoms with Crippen LogP contribution in [0.2, 0.25) is 0 Å². The number of anilines is 1. The number of nitrogen functional groups attached to an aromatic ring is 1. The quantitative estimate of drug-likeness (QED) is 0.670. The third kappa shape index (κ3) is 2.65. The summed E-state index contributed by atoms with van der Waals surface area (Å²) < 4.78 is 5.17. The first kappa shape index (κ1) is 10.8. The maximum atomic E-state index is 11.7. The third-order valence-electron chi connectivity index (χ3n) is 2.16. The number of nitrogens with two attached hydrogens (primary N) is 1. The second-order valence-electron chi connectivity index (χ2n) is 3.37. The van der Waals surface area contributed by atoms with Gasteiger partial charge in [0.05, 0.1) is 25.6 Å². The molecule has 1 aromatic heterocycles. The van der Waals surface area contributed by atoms with E-state index >= 15 is 0 Å². The first-order chi connectivity index (χ1) is 7.75. The molecule has 7 nitrogen and oxygen atoms in total. The summed E-state index contributed by atoms with van der Waals surface area (Å²) in [6.07, 6.45) is 2.78. The summed E-state index contributed by atoms with van der Waals surface area (Å²) >= 11 is 0. The summed E-state index contributed by atoms with van der Waals surface area (Å²) in [5, 5.41) is 1.79. The van der Waals surface area contributed by atoms with Gasteiger partial charge in [-0.1, -0.05) is 0 Å². The maximum absolute atomic E-state index is 11.7. The van der Waals surface area contributed by atoms with Gasteiger partial charge in [-0.2, -0.15) is 0 Å². The van der Waals surface area contributed by atoms with Crippen LogP contribution >= 0.6 is 0 Å². The number of amides is 1. The van der Waals surface area contributed by atoms with Crippen LogP contribution in [0.4, 0.5) is 5.82 Å². The number of carbonyl (C=O) groups is 1. The molecular weight excluding hydrogens is 210 g/mol. The average Bonchev–Trinajstić information content (AvgIpc) is 2.30. The number of carbonyl (C=O) groups excluding carboxylic acids is 1. The fraction of sp³-hybridized carbons (Fsp3) is 0.444. The first-order valence-corrected chi connectivity index (χ1v) is 4.97. The standard InChI is InChI=1S/C9H13N5O2/c10-8-6-11-5-7(12-8)9(15)13-14-1-3-16-4-2-14/h5-6H,1-4H2,(H2,10,12)(H,13,15). The molecule has 0 atom stereocenters. The van der Waals surface area contributed by atoms with Crippen LogP contribution < -0.4 is 11.2 Å². The highest BCUT2D eigenvalue weighted by Gasteiger charge is 2.15. The fourth-order valence-corrected chi connectivity index (χ4v) is 1.37. The Hall–Kier alpha value is -1.73. The van der Waals surface area contributed by atoms with Gasteiger partial charge in [-0.15, -0.1) is 0 Å². The molecule has 0 spiro atoms. The van der Waals surface area contributed by atoms with Crippen molar-refractivity contribution in [2.45, 2.75) is 0 Å². The van der Waals surface area contributed by atoms with E-state index in [-0.39, 0.29) is 17.4 Å². The van der Waals surface area contributed by atoms with Crippen LogP contribution in [0.5, 0.6) is 0 Å². The summed E-state index contributed by atoms with van der Waals surface area (Å²) in [6.45, 7) is 2.56. The molecule has 16 heavy (non-hydrogen) atoms. The Bertz CT molecular complexity index is 378. The Morgan fingerprint density at radius 2 is 2.19 bits per heavy atom. The van der Waals surface area contributed by atoms with Crippen LogP contribution in [-0.4, -0.2) is 47.2 Å². The average molecular weight is 223 g/mol. The second-order valence-corrected chi connectivity index (χ2v) is 3.37. The smallest absolute Gasteiger partial charge is 0.285 e. The van der Waals surface area contributed by atoms with Gasteiger partial charge in [-0.05, 0) is 0 Å². The van der Waals surface area contributed by atoms with Gasteiger partial charge in [0, 0.05) is 13.1 Å².